The summed E-state index contributed by atoms with van der Waals surface area (Å²) < 4.78 is 27.4. The molecule has 0 saturated heterocycles. The smallest absolute Gasteiger partial charge is 0.323 e. The lowest BCUT2D eigenvalue weighted by atomic mass is 10.0. The summed E-state index contributed by atoms with van der Waals surface area (Å²) in [6.07, 6.45) is -0.383. The van der Waals surface area contributed by atoms with Crippen LogP contribution in [0.4, 0.5) is 14.5 Å². The molecule has 11 heteroatoms. The zero-order valence-electron chi connectivity index (χ0n) is 27.7. The molecule has 0 spiro atoms. The second-order valence-corrected chi connectivity index (χ2v) is 11.7. The molecule has 5 aromatic carbocycles. The highest BCUT2D eigenvalue weighted by molar-refractivity contribution is 5.97. The van der Waals surface area contributed by atoms with Gasteiger partial charge in [0.05, 0.1) is 13.0 Å². The number of hydrogen-bond acceptors (Lipinski definition) is 6. The molecule has 2 amide bonds. The molecule has 5 rings (SSSR count). The summed E-state index contributed by atoms with van der Waals surface area (Å²) >= 11 is 0. The van der Waals surface area contributed by atoms with Gasteiger partial charge >= 0.3 is 5.97 Å². The molecular formula is C40H34F2N4O5. The number of oxime groups is 1. The number of halogens is 2. The molecule has 0 unspecified atom stereocenters. The summed E-state index contributed by atoms with van der Waals surface area (Å²) in [4.78, 5) is 48.5. The predicted octanol–water partition coefficient (Wildman–Crippen LogP) is 7.43. The van der Waals surface area contributed by atoms with E-state index in [1.54, 1.807) is 12.1 Å². The molecule has 258 valence electrons. The van der Waals surface area contributed by atoms with E-state index in [1.807, 2.05) is 43.3 Å². The van der Waals surface area contributed by atoms with Gasteiger partial charge < -0.3 is 20.2 Å². The van der Waals surface area contributed by atoms with Crippen LogP contribution in [-0.2, 0) is 33.9 Å². The van der Waals surface area contributed by atoms with Crippen molar-refractivity contribution in [2.45, 2.75) is 26.4 Å². The number of hydrogen-bond donors (Lipinski definition) is 2. The molecule has 5 aromatic rings. The molecule has 51 heavy (non-hydrogen) atoms. The number of carboxylic acids is 1. The topological polar surface area (TPSA) is 121 Å². The number of rotatable bonds is 13. The number of carbonyl (C=O) groups excluding carboxylic acids is 2. The van der Waals surface area contributed by atoms with Crippen LogP contribution in [0.2, 0.25) is 0 Å². The predicted molar refractivity (Wildman–Crippen MR) is 191 cm³/mol. The third-order valence-electron chi connectivity index (χ3n) is 7.86. The van der Waals surface area contributed by atoms with Gasteiger partial charge in [0.2, 0.25) is 5.91 Å². The van der Waals surface area contributed by atoms with Gasteiger partial charge in [0.15, 0.2) is 0 Å². The van der Waals surface area contributed by atoms with Crippen LogP contribution >= 0.6 is 0 Å². The average molecular weight is 689 g/mol. The van der Waals surface area contributed by atoms with Crippen LogP contribution in [0.5, 0.6) is 0 Å². The molecule has 0 fully saturated rings. The number of aryl methyl sites for hydroxylation is 1. The molecule has 0 radical (unpaired) electrons. The molecule has 0 aliphatic heterocycles. The number of nitrogens with zero attached hydrogens (tertiary/aromatic N) is 3. The fourth-order valence-corrected chi connectivity index (χ4v) is 5.22. The monoisotopic (exact) mass is 688 g/mol. The van der Waals surface area contributed by atoms with E-state index in [0.29, 0.717) is 17.1 Å². The first-order valence-corrected chi connectivity index (χ1v) is 15.9. The van der Waals surface area contributed by atoms with Crippen LogP contribution in [0.1, 0.15) is 38.2 Å². The Morgan fingerprint density at radius 3 is 2.04 bits per heavy atom. The lowest BCUT2D eigenvalue weighted by molar-refractivity contribution is -0.137. The fourth-order valence-electron chi connectivity index (χ4n) is 5.22. The minimum absolute atomic E-state index is 0.0223. The van der Waals surface area contributed by atoms with Crippen LogP contribution < -0.4 is 5.32 Å². The van der Waals surface area contributed by atoms with Gasteiger partial charge in [0.25, 0.3) is 11.8 Å². The summed E-state index contributed by atoms with van der Waals surface area (Å²) in [7, 11) is 0. The summed E-state index contributed by atoms with van der Waals surface area (Å²) in [6, 6.07) is 31.9. The highest BCUT2D eigenvalue weighted by atomic mass is 19.1. The minimum Gasteiger partial charge on any atom is -0.480 e. The van der Waals surface area contributed by atoms with Gasteiger partial charge in [0.1, 0.15) is 18.2 Å². The first-order valence-electron chi connectivity index (χ1n) is 15.9. The van der Waals surface area contributed by atoms with E-state index >= 15 is 0 Å². The van der Waals surface area contributed by atoms with E-state index < -0.39 is 36.0 Å². The SMILES string of the molecule is C=NO/C(=N\Cc1ccc(CN(CC(=O)O)C(=O)c2ccc(NC(=O)Cc3cc(F)ccc3F)cc2)cc1)c1ccc(-c2ccc(C)cc2)cc1. The van der Waals surface area contributed by atoms with Crippen molar-refractivity contribution in [1.82, 2.24) is 4.90 Å². The summed E-state index contributed by atoms with van der Waals surface area (Å²) in [5.41, 5.74) is 6.03. The Morgan fingerprint density at radius 1 is 0.804 bits per heavy atom. The van der Waals surface area contributed by atoms with Gasteiger partial charge in [-0.05, 0) is 83.8 Å². The molecule has 0 saturated carbocycles. The van der Waals surface area contributed by atoms with Crippen LogP contribution in [0.25, 0.3) is 11.1 Å². The second kappa shape index (κ2) is 16.8. The second-order valence-electron chi connectivity index (χ2n) is 11.7. The Labute approximate surface area is 293 Å². The summed E-state index contributed by atoms with van der Waals surface area (Å²) in [5.74, 6) is -3.34. The number of benzene rings is 5. The first kappa shape index (κ1) is 35.8. The molecule has 2 N–H and O–H groups in total. The largest absolute Gasteiger partial charge is 0.480 e. The van der Waals surface area contributed by atoms with E-state index in [4.69, 9.17) is 4.84 Å². The van der Waals surface area contributed by atoms with Crippen LogP contribution in [0.15, 0.2) is 125 Å². The van der Waals surface area contributed by atoms with Crippen molar-refractivity contribution in [3.8, 4) is 11.1 Å². The summed E-state index contributed by atoms with van der Waals surface area (Å²) in [6.45, 7) is 5.21. The molecule has 0 heterocycles. The third-order valence-corrected chi connectivity index (χ3v) is 7.86. The van der Waals surface area contributed by atoms with Crippen LogP contribution in [0.3, 0.4) is 0 Å². The lowest BCUT2D eigenvalue weighted by Gasteiger charge is -2.21. The van der Waals surface area contributed by atoms with Crippen molar-refractivity contribution < 1.29 is 33.1 Å². The molecule has 0 aromatic heterocycles. The normalized spacial score (nSPS) is 11.1. The highest BCUT2D eigenvalue weighted by Crippen LogP contribution is 2.22. The fraction of sp³-hybridized carbons (Fsp3) is 0.125. The first-order chi connectivity index (χ1) is 24.6. The van der Waals surface area contributed by atoms with Gasteiger partial charge in [-0.2, -0.15) is 0 Å². The third kappa shape index (κ3) is 10.0. The van der Waals surface area contributed by atoms with Gasteiger partial charge in [-0.15, -0.1) is 0 Å². The molecule has 0 aliphatic carbocycles. The van der Waals surface area contributed by atoms with Crippen molar-refractivity contribution in [3.63, 3.8) is 0 Å². The Morgan fingerprint density at radius 2 is 1.41 bits per heavy atom. The quantitative estimate of drug-likeness (QED) is 0.0758. The Balaban J connectivity index is 1.21. The van der Waals surface area contributed by atoms with E-state index in [-0.39, 0.29) is 30.6 Å². The number of carboxylic acid groups (broad SMARTS) is 1. The zero-order valence-corrected chi connectivity index (χ0v) is 27.7. The summed E-state index contributed by atoms with van der Waals surface area (Å²) in [5, 5.41) is 15.7. The van der Waals surface area contributed by atoms with Crippen molar-refractivity contribution in [1.29, 1.82) is 0 Å². The van der Waals surface area contributed by atoms with E-state index in [0.717, 1.165) is 40.5 Å². The van der Waals surface area contributed by atoms with Crippen LogP contribution in [0, 0.1) is 18.6 Å². The van der Waals surface area contributed by atoms with Crippen molar-refractivity contribution in [2.75, 3.05) is 11.9 Å². The van der Waals surface area contributed by atoms with E-state index in [2.05, 4.69) is 46.4 Å². The Bertz CT molecular complexity index is 2050. The maximum Gasteiger partial charge on any atom is 0.323 e. The number of aliphatic carboxylic acids is 1. The minimum atomic E-state index is -1.18. The number of carbonyl (C=O) groups is 3. The number of aliphatic imine (C=N–C) groups is 1. The van der Waals surface area contributed by atoms with Crippen molar-refractivity contribution in [3.05, 3.63) is 160 Å². The molecular weight excluding hydrogens is 654 g/mol. The molecule has 0 atom stereocenters. The zero-order chi connectivity index (χ0) is 36.3. The van der Waals surface area contributed by atoms with Crippen LogP contribution in [-0.4, -0.2) is 47.0 Å². The van der Waals surface area contributed by atoms with Gasteiger partial charge in [-0.1, -0.05) is 71.4 Å². The van der Waals surface area contributed by atoms with E-state index in [1.165, 1.54) is 34.7 Å². The number of nitrogens with one attached hydrogen (secondary N) is 1. The van der Waals surface area contributed by atoms with Gasteiger partial charge in [0, 0.05) is 35.6 Å². The van der Waals surface area contributed by atoms with Crippen molar-refractivity contribution in [2.24, 2.45) is 10.1 Å². The maximum atomic E-state index is 13.9. The highest BCUT2D eigenvalue weighted by Gasteiger charge is 2.20. The Hall–Kier alpha value is -6.49. The molecule has 0 aliphatic rings. The Kier molecular flexibility index (Phi) is 11.8. The lowest BCUT2D eigenvalue weighted by Crippen LogP contribution is -2.35. The molecule has 0 bridgehead atoms. The standard InChI is InChI=1S/C40H34F2N4O5/c1-26-3-9-29(10-4-26)30-11-13-31(14-12-30)39(51-43-2)44-23-27-5-7-28(8-6-27)24-46(25-38(48)49)40(50)32-15-18-35(19-16-32)45-37(47)22-33-21-34(41)17-20-36(33)42/h3-21H,2,22-25H2,1H3,(H,45,47)(H,48,49)/b44-39-. The number of amides is 2. The maximum absolute atomic E-state index is 13.9. The number of anilines is 1. The van der Waals surface area contributed by atoms with Gasteiger partial charge in [-0.25, -0.2) is 13.8 Å². The molecule has 9 nitrogen and oxygen atoms in total. The van der Waals surface area contributed by atoms with Gasteiger partial charge in [-0.3, -0.25) is 14.4 Å². The average Bonchev–Trinajstić information content (AvgIpc) is 3.12. The van der Waals surface area contributed by atoms with Crippen molar-refractivity contribution >= 4 is 36.1 Å². The van der Waals surface area contributed by atoms with E-state index in [9.17, 15) is 28.3 Å².